The minimum Gasteiger partial charge on any atom is -0.494 e. The number of carbonyl (C=O) groups excluding carboxylic acids is 1. The van der Waals surface area contributed by atoms with E-state index < -0.39 is 0 Å². The number of likely N-dealkylation sites (tertiary alicyclic amines) is 1. The average Bonchev–Trinajstić information content (AvgIpc) is 3.21. The van der Waals surface area contributed by atoms with Gasteiger partial charge in [-0.2, -0.15) is 0 Å². The molecule has 1 amide bonds. The number of carbonyl (C=O) groups is 1. The summed E-state index contributed by atoms with van der Waals surface area (Å²) in [5.74, 6) is 1.60. The van der Waals surface area contributed by atoms with Gasteiger partial charge in [-0.05, 0) is 86.5 Å². The summed E-state index contributed by atoms with van der Waals surface area (Å²) in [6, 6.07) is 15.0. The highest BCUT2D eigenvalue weighted by molar-refractivity contribution is 5.98. The summed E-state index contributed by atoms with van der Waals surface area (Å²) in [7, 11) is 1.87. The topological polar surface area (TPSA) is 44.8 Å². The number of likely N-dealkylation sites (N-methyl/N-ethyl adjacent to an activating group) is 1. The Morgan fingerprint density at radius 1 is 1.20 bits per heavy atom. The van der Waals surface area contributed by atoms with Crippen LogP contribution in [0.15, 0.2) is 67.4 Å². The number of benzene rings is 2. The van der Waals surface area contributed by atoms with E-state index in [0.717, 1.165) is 67.9 Å². The van der Waals surface area contributed by atoms with E-state index in [1.54, 1.807) is 0 Å². The molecule has 2 heterocycles. The molecule has 2 aromatic carbocycles. The zero-order valence-corrected chi connectivity index (χ0v) is 21.3. The van der Waals surface area contributed by atoms with E-state index in [2.05, 4.69) is 59.8 Å². The fraction of sp³-hybridized carbons (Fsp3) is 0.433. The molecule has 0 radical (unpaired) electrons. The van der Waals surface area contributed by atoms with Crippen molar-refractivity contribution in [3.05, 3.63) is 89.6 Å². The number of hydrogen-bond acceptors (Lipinski definition) is 4. The van der Waals surface area contributed by atoms with Crippen LogP contribution in [0.1, 0.15) is 65.6 Å². The number of ether oxygens (including phenoxy) is 1. The summed E-state index contributed by atoms with van der Waals surface area (Å²) < 4.78 is 5.56. The number of hydrogen-bond donors (Lipinski definition) is 1. The summed E-state index contributed by atoms with van der Waals surface area (Å²) in [6.45, 7) is 14.5. The first-order valence-corrected chi connectivity index (χ1v) is 12.9. The van der Waals surface area contributed by atoms with E-state index in [0.29, 0.717) is 19.1 Å². The Balaban J connectivity index is 1.37. The third-order valence-corrected chi connectivity index (χ3v) is 7.40. The maximum atomic E-state index is 13.2. The standard InChI is InChI=1S/C30H39N3O2/c1-5-7-8-29(22(3)31-4)33-21-26-19-25(11-14-28(26)30(33)34)24-15-17-32(18-16-24)20-23-9-12-27(13-10-23)35-6-2/h5,9-14,19,24,29,31H,1,3,6-8,15-18,20-21H2,2,4H3. The van der Waals surface area contributed by atoms with Gasteiger partial charge in [0.05, 0.1) is 12.6 Å². The second kappa shape index (κ2) is 11.6. The van der Waals surface area contributed by atoms with E-state index in [9.17, 15) is 4.79 Å². The highest BCUT2D eigenvalue weighted by atomic mass is 16.5. The minimum atomic E-state index is -0.0211. The SMILES string of the molecule is C=CCCC(C(=C)NC)N1Cc2cc(C3CCN(Cc4ccc(OCC)cc4)CC3)ccc2C1=O. The number of rotatable bonds is 11. The minimum absolute atomic E-state index is 0.0211. The van der Waals surface area contributed by atoms with Crippen LogP contribution in [0.2, 0.25) is 0 Å². The van der Waals surface area contributed by atoms with Crippen molar-refractivity contribution >= 4 is 5.91 Å². The monoisotopic (exact) mass is 473 g/mol. The molecule has 2 aliphatic heterocycles. The Morgan fingerprint density at radius 2 is 1.94 bits per heavy atom. The highest BCUT2D eigenvalue weighted by Gasteiger charge is 2.34. The fourth-order valence-electron chi connectivity index (χ4n) is 5.37. The van der Waals surface area contributed by atoms with Crippen LogP contribution in [0.25, 0.3) is 0 Å². The first-order valence-electron chi connectivity index (χ1n) is 12.9. The Morgan fingerprint density at radius 3 is 2.60 bits per heavy atom. The van der Waals surface area contributed by atoms with Gasteiger partial charge in [0.25, 0.3) is 5.91 Å². The molecule has 1 N–H and O–H groups in total. The lowest BCUT2D eigenvalue weighted by Gasteiger charge is -2.32. The van der Waals surface area contributed by atoms with Crippen LogP contribution in [-0.2, 0) is 13.1 Å². The van der Waals surface area contributed by atoms with Gasteiger partial charge in [0, 0.05) is 31.4 Å². The first-order chi connectivity index (χ1) is 17.0. The summed E-state index contributed by atoms with van der Waals surface area (Å²) in [5.41, 5.74) is 5.57. The molecule has 35 heavy (non-hydrogen) atoms. The average molecular weight is 474 g/mol. The van der Waals surface area contributed by atoms with Gasteiger partial charge < -0.3 is 15.0 Å². The van der Waals surface area contributed by atoms with Gasteiger partial charge in [-0.25, -0.2) is 0 Å². The molecule has 5 heteroatoms. The summed E-state index contributed by atoms with van der Waals surface area (Å²) >= 11 is 0. The number of nitrogens with one attached hydrogen (secondary N) is 1. The van der Waals surface area contributed by atoms with Crippen LogP contribution in [-0.4, -0.2) is 48.5 Å². The number of fused-ring (bicyclic) bond motifs is 1. The van der Waals surface area contributed by atoms with E-state index in [1.165, 1.54) is 11.1 Å². The molecule has 0 aromatic heterocycles. The Bertz CT molecular complexity index is 1040. The summed E-state index contributed by atoms with van der Waals surface area (Å²) in [6.07, 6.45) is 5.89. The van der Waals surface area contributed by atoms with Crippen molar-refractivity contribution in [2.75, 3.05) is 26.7 Å². The molecule has 1 atom stereocenters. The second-order valence-corrected chi connectivity index (χ2v) is 9.63. The van der Waals surface area contributed by atoms with Crippen LogP contribution >= 0.6 is 0 Å². The molecule has 0 aliphatic carbocycles. The quantitative estimate of drug-likeness (QED) is 0.439. The smallest absolute Gasteiger partial charge is 0.255 e. The first kappa shape index (κ1) is 25.1. The number of allylic oxidation sites excluding steroid dienone is 1. The molecule has 0 spiro atoms. The number of amides is 1. The molecule has 0 bridgehead atoms. The Labute approximate surface area is 210 Å². The van der Waals surface area contributed by atoms with Crippen LogP contribution in [0.4, 0.5) is 0 Å². The maximum absolute atomic E-state index is 13.2. The highest BCUT2D eigenvalue weighted by Crippen LogP contribution is 2.34. The largest absolute Gasteiger partial charge is 0.494 e. The predicted octanol–water partition coefficient (Wildman–Crippen LogP) is 5.49. The van der Waals surface area contributed by atoms with Crippen molar-refractivity contribution in [2.24, 2.45) is 0 Å². The Hall–Kier alpha value is -3.05. The zero-order chi connectivity index (χ0) is 24.8. The zero-order valence-electron chi connectivity index (χ0n) is 21.3. The van der Waals surface area contributed by atoms with Gasteiger partial charge in [-0.1, -0.05) is 36.9 Å². The van der Waals surface area contributed by atoms with Gasteiger partial charge in [0.1, 0.15) is 5.75 Å². The molecule has 186 valence electrons. The van der Waals surface area contributed by atoms with Gasteiger partial charge in [-0.15, -0.1) is 6.58 Å². The number of piperidine rings is 1. The van der Waals surface area contributed by atoms with E-state index in [-0.39, 0.29) is 11.9 Å². The van der Waals surface area contributed by atoms with Crippen molar-refractivity contribution < 1.29 is 9.53 Å². The van der Waals surface area contributed by atoms with Gasteiger partial charge in [0.2, 0.25) is 0 Å². The lowest BCUT2D eigenvalue weighted by Crippen LogP contribution is -2.39. The van der Waals surface area contributed by atoms with Crippen LogP contribution in [0.5, 0.6) is 5.75 Å². The molecule has 0 saturated carbocycles. The third-order valence-electron chi connectivity index (χ3n) is 7.40. The molecule has 2 aromatic rings. The van der Waals surface area contributed by atoms with Crippen LogP contribution in [0.3, 0.4) is 0 Å². The van der Waals surface area contributed by atoms with Crippen molar-refractivity contribution in [3.8, 4) is 5.75 Å². The maximum Gasteiger partial charge on any atom is 0.255 e. The van der Waals surface area contributed by atoms with Crippen molar-refractivity contribution in [2.45, 2.75) is 57.7 Å². The lowest BCUT2D eigenvalue weighted by atomic mass is 9.87. The summed E-state index contributed by atoms with van der Waals surface area (Å²) in [5, 5.41) is 3.16. The van der Waals surface area contributed by atoms with Gasteiger partial charge in [-0.3, -0.25) is 9.69 Å². The normalized spacial score (nSPS) is 17.2. The van der Waals surface area contributed by atoms with Gasteiger partial charge >= 0.3 is 0 Å². The second-order valence-electron chi connectivity index (χ2n) is 9.63. The van der Waals surface area contributed by atoms with Crippen LogP contribution in [0, 0.1) is 0 Å². The lowest BCUT2D eigenvalue weighted by molar-refractivity contribution is 0.0719. The van der Waals surface area contributed by atoms with Crippen molar-refractivity contribution in [1.82, 2.24) is 15.1 Å². The third kappa shape index (κ3) is 5.79. The van der Waals surface area contributed by atoms with Crippen LogP contribution < -0.4 is 10.1 Å². The molecular weight excluding hydrogens is 434 g/mol. The van der Waals surface area contributed by atoms with Crippen molar-refractivity contribution in [1.29, 1.82) is 0 Å². The molecule has 1 fully saturated rings. The fourth-order valence-corrected chi connectivity index (χ4v) is 5.37. The van der Waals surface area contributed by atoms with E-state index >= 15 is 0 Å². The van der Waals surface area contributed by atoms with Gasteiger partial charge in [0.15, 0.2) is 0 Å². The molecule has 1 saturated heterocycles. The number of nitrogens with zero attached hydrogens (tertiary/aromatic N) is 2. The van der Waals surface area contributed by atoms with Crippen molar-refractivity contribution in [3.63, 3.8) is 0 Å². The molecular formula is C30H39N3O2. The van der Waals surface area contributed by atoms with E-state index in [4.69, 9.17) is 4.74 Å². The molecule has 5 nitrogen and oxygen atoms in total. The predicted molar refractivity (Wildman–Crippen MR) is 143 cm³/mol. The summed E-state index contributed by atoms with van der Waals surface area (Å²) in [4.78, 5) is 17.7. The van der Waals surface area contributed by atoms with E-state index in [1.807, 2.05) is 31.0 Å². The molecule has 1 unspecified atom stereocenters. The molecule has 2 aliphatic rings. The molecule has 4 rings (SSSR count). The Kier molecular flexibility index (Phi) is 8.29.